The predicted octanol–water partition coefficient (Wildman–Crippen LogP) is -6.28. The van der Waals surface area contributed by atoms with Crippen LogP contribution in [0.1, 0.15) is 13.3 Å². The molecule has 0 saturated carbocycles. The fraction of sp³-hybridized carbons (Fsp3) is 0.889. The van der Waals surface area contributed by atoms with E-state index in [9.17, 15) is 101 Å². The topological polar surface area (TPSA) is 539 Å². The quantitative estimate of drug-likeness (QED) is 0.0336. The molecule has 0 aliphatic carbocycles. The zero-order valence-electron chi connectivity index (χ0n) is 29.0. The number of carbonyl (C=O) groups is 2. The number of aliphatic carboxylic acids is 1. The van der Waals surface area contributed by atoms with E-state index in [2.05, 4.69) is 41.9 Å². The lowest BCUT2D eigenvalue weighted by Gasteiger charge is -2.49. The number of ether oxygens (including phenoxy) is 3. The van der Waals surface area contributed by atoms with Crippen molar-refractivity contribution < 1.29 is 149 Å². The van der Waals surface area contributed by atoms with E-state index in [0.717, 1.165) is 6.92 Å². The number of carbonyl (C=O) groups excluding carboxylic acids is 1. The minimum Gasteiger partial charge on any atom is -0.480 e. The standard InChI is InChI=1S/C18H31NO34S8/c1-5(20)19-6(17(21)22)2-9(54)12-15(52-60(38,39)40)13(50-58(32,33)34)10(7(46-12)3-44-55(23,24)25)48-18-16(53-61(41,42)43)14(51-59(35,36)37)11(49-57(29,30)31)8(47-18)4-45-56(26,27)28/h6-16,18,54H,2-4H2,1H3,(H,19,20)(H,21,22)(H,23,24,25)(H,26,27,28)(H,29,30,31)(H,32,33,34)(H,35,36,37)(H,38,39,40)(H,41,42,43)/t6?,7-,8-,9?,10-,11-,12+,13+,14+,15+,16-,18+/m1/s1. The number of rotatable bonds is 23. The van der Waals surface area contributed by atoms with Crippen molar-refractivity contribution in [1.29, 1.82) is 0 Å². The Bertz CT molecular complexity index is 2370. The van der Waals surface area contributed by atoms with Gasteiger partial charge < -0.3 is 24.6 Å². The fourth-order valence-corrected chi connectivity index (χ4v) is 8.78. The molecule has 0 aromatic carbocycles. The first-order chi connectivity index (χ1) is 27.1. The molecule has 0 bridgehead atoms. The molecule has 0 aromatic heterocycles. The lowest BCUT2D eigenvalue weighted by molar-refractivity contribution is -0.329. The Kier molecular flexibility index (Phi) is 18.7. The fourth-order valence-electron chi connectivity index (χ4n) is 5.23. The van der Waals surface area contributed by atoms with Gasteiger partial charge in [0.25, 0.3) is 0 Å². The first-order valence-electron chi connectivity index (χ1n) is 14.8. The molecule has 2 aliphatic heterocycles. The molecular formula is C18H31NO34S8. The lowest BCUT2D eigenvalue weighted by atomic mass is 9.91. The van der Waals surface area contributed by atoms with Crippen LogP contribution in [-0.2, 0) is 126 Å². The Morgan fingerprint density at radius 1 is 0.557 bits per heavy atom. The Labute approximate surface area is 349 Å². The largest absolute Gasteiger partial charge is 0.480 e. The summed E-state index contributed by atoms with van der Waals surface area (Å²) in [4.78, 5) is 23.5. The third-order valence-corrected chi connectivity index (χ3v) is 10.7. The van der Waals surface area contributed by atoms with Gasteiger partial charge in [-0.15, -0.1) is 0 Å². The zero-order chi connectivity index (χ0) is 47.5. The second-order valence-electron chi connectivity index (χ2n) is 11.5. The van der Waals surface area contributed by atoms with Crippen LogP contribution in [0, 0.1) is 0 Å². The van der Waals surface area contributed by atoms with Crippen molar-refractivity contribution in [2.24, 2.45) is 0 Å². The van der Waals surface area contributed by atoms with Crippen LogP contribution in [0.25, 0.3) is 0 Å². The monoisotopic (exact) mass is 1060 g/mol. The van der Waals surface area contributed by atoms with Gasteiger partial charge in [0, 0.05) is 12.2 Å². The number of hydrogen-bond donors (Lipinski definition) is 10. The molecule has 2 aliphatic rings. The van der Waals surface area contributed by atoms with Crippen LogP contribution >= 0.6 is 12.6 Å². The molecule has 2 rings (SSSR count). The predicted molar refractivity (Wildman–Crippen MR) is 182 cm³/mol. The maximum absolute atomic E-state index is 12.2. The highest BCUT2D eigenvalue weighted by Crippen LogP contribution is 2.38. The SMILES string of the molecule is CC(=O)NC(CC(S)[C@@H]1O[C@H](COS(=O)(=O)O)[C@@H](O[C@@H]2O[C@H](COS(=O)(=O)O)[C@@H](OS(=O)(=O)O)[C@H](OS(=O)(=O)O)[C@H]2OS(=O)(=O)O)[C@H](OS(=O)(=O)O)[C@H]1OS(=O)(=O)O)C(=O)O. The van der Waals surface area contributed by atoms with E-state index in [-0.39, 0.29) is 0 Å². The molecule has 2 heterocycles. The van der Waals surface area contributed by atoms with E-state index in [1.165, 1.54) is 0 Å². The van der Waals surface area contributed by atoms with Crippen molar-refractivity contribution in [3.63, 3.8) is 0 Å². The smallest absolute Gasteiger partial charge is 0.397 e. The van der Waals surface area contributed by atoms with Crippen LogP contribution in [0.15, 0.2) is 0 Å². The summed E-state index contributed by atoms with van der Waals surface area (Å²) in [5, 5.41) is 9.47. The first kappa shape index (κ1) is 55.4. The Hall–Kier alpha value is -1.74. The number of thiol groups is 1. The maximum atomic E-state index is 12.2. The molecule has 2 fully saturated rings. The second-order valence-corrected chi connectivity index (χ2v) is 19.6. The zero-order valence-corrected chi connectivity index (χ0v) is 35.7. The number of carboxylic acid groups (broad SMARTS) is 1. The third-order valence-electron chi connectivity index (χ3n) is 7.01. The molecule has 12 atom stereocenters. The molecule has 360 valence electrons. The highest BCUT2D eigenvalue weighted by Gasteiger charge is 2.59. The van der Waals surface area contributed by atoms with Gasteiger partial charge in [0.2, 0.25) is 5.91 Å². The molecule has 0 spiro atoms. The van der Waals surface area contributed by atoms with E-state index in [4.69, 9.17) is 18.8 Å². The van der Waals surface area contributed by atoms with Gasteiger partial charge in [-0.25, -0.2) is 34.1 Å². The summed E-state index contributed by atoms with van der Waals surface area (Å²) in [6.45, 7) is -2.90. The van der Waals surface area contributed by atoms with Gasteiger partial charge in [0.15, 0.2) is 12.4 Å². The van der Waals surface area contributed by atoms with Crippen LogP contribution in [-0.4, -0.2) is 194 Å². The van der Waals surface area contributed by atoms with Crippen molar-refractivity contribution in [3.05, 3.63) is 0 Å². The summed E-state index contributed by atoms with van der Waals surface area (Å²) < 4.78 is 277. The van der Waals surface area contributed by atoms with E-state index < -0.39 is 177 Å². The van der Waals surface area contributed by atoms with Gasteiger partial charge in [-0.05, 0) is 6.42 Å². The summed E-state index contributed by atoms with van der Waals surface area (Å²) in [5.74, 6) is -2.88. The molecule has 9 N–H and O–H groups in total. The van der Waals surface area contributed by atoms with Crippen LogP contribution in [0.2, 0.25) is 0 Å². The number of carboxylic acids is 1. The lowest BCUT2D eigenvalue weighted by Crippen LogP contribution is -2.68. The van der Waals surface area contributed by atoms with Crippen LogP contribution < -0.4 is 5.32 Å². The minimum absolute atomic E-state index is 0.805. The van der Waals surface area contributed by atoms with E-state index >= 15 is 0 Å². The summed E-state index contributed by atoms with van der Waals surface area (Å²) in [7, 11) is -42.0. The molecule has 1 amide bonds. The van der Waals surface area contributed by atoms with Gasteiger partial charge >= 0.3 is 78.8 Å². The van der Waals surface area contributed by atoms with Crippen LogP contribution in [0.5, 0.6) is 0 Å². The minimum atomic E-state index is -6.19. The highest BCUT2D eigenvalue weighted by molar-refractivity contribution is 7.82. The highest BCUT2D eigenvalue weighted by atomic mass is 32.3. The first-order valence-corrected chi connectivity index (χ1v) is 24.9. The summed E-state index contributed by atoms with van der Waals surface area (Å²) in [5.41, 5.74) is 0. The Morgan fingerprint density at radius 2 is 0.918 bits per heavy atom. The van der Waals surface area contributed by atoms with Crippen LogP contribution in [0.4, 0.5) is 0 Å². The molecule has 35 nitrogen and oxygen atoms in total. The van der Waals surface area contributed by atoms with E-state index in [1.54, 1.807) is 0 Å². The average molecular weight is 1060 g/mol. The van der Waals surface area contributed by atoms with E-state index in [0.29, 0.717) is 0 Å². The molecule has 2 unspecified atom stereocenters. The third kappa shape index (κ3) is 20.3. The van der Waals surface area contributed by atoms with Crippen molar-refractivity contribution >= 4 is 97.3 Å². The van der Waals surface area contributed by atoms with Gasteiger partial charge in [-0.1, -0.05) is 0 Å². The van der Waals surface area contributed by atoms with Gasteiger partial charge in [-0.3, -0.25) is 36.7 Å². The molecule has 0 aromatic rings. The summed E-state index contributed by atoms with van der Waals surface area (Å²) in [6, 6.07) is -2.02. The number of amides is 1. The average Bonchev–Trinajstić information content (AvgIpc) is 2.99. The number of nitrogens with one attached hydrogen (secondary N) is 1. The van der Waals surface area contributed by atoms with Gasteiger partial charge in [0.05, 0.1) is 13.2 Å². The van der Waals surface area contributed by atoms with Crippen LogP contribution in [0.3, 0.4) is 0 Å². The van der Waals surface area contributed by atoms with Crippen molar-refractivity contribution in [3.8, 4) is 0 Å². The summed E-state index contributed by atoms with van der Waals surface area (Å²) in [6.07, 6.45) is -31.3. The van der Waals surface area contributed by atoms with E-state index in [1.807, 2.05) is 5.32 Å². The number of hydrogen-bond acceptors (Lipinski definition) is 27. The normalized spacial score (nSPS) is 29.7. The van der Waals surface area contributed by atoms with Gasteiger partial charge in [0.1, 0.15) is 54.9 Å². The van der Waals surface area contributed by atoms with Crippen molar-refractivity contribution in [2.45, 2.75) is 85.9 Å². The summed E-state index contributed by atoms with van der Waals surface area (Å²) >= 11 is 4.02. The molecular weight excluding hydrogens is 1030 g/mol. The molecule has 43 heteroatoms. The molecule has 2 saturated heterocycles. The molecule has 0 radical (unpaired) electrons. The Balaban J connectivity index is 3.05. The second kappa shape index (κ2) is 20.6. The van der Waals surface area contributed by atoms with Gasteiger partial charge in [-0.2, -0.15) is 71.6 Å². The molecule has 61 heavy (non-hydrogen) atoms. The maximum Gasteiger partial charge on any atom is 0.397 e. The van der Waals surface area contributed by atoms with Crippen molar-refractivity contribution in [2.75, 3.05) is 13.2 Å². The van der Waals surface area contributed by atoms with Crippen molar-refractivity contribution in [1.82, 2.24) is 5.32 Å². The Morgan fingerprint density at radius 3 is 1.30 bits per heavy atom.